The molecular weight excluding hydrogens is 200 g/mol. The van der Waals surface area contributed by atoms with Gasteiger partial charge in [-0.1, -0.05) is 32.6 Å². The van der Waals surface area contributed by atoms with Crippen LogP contribution in [-0.2, 0) is 0 Å². The van der Waals surface area contributed by atoms with Gasteiger partial charge in [0, 0.05) is 32.7 Å². The number of hydrogen-bond donors (Lipinski definition) is 1. The van der Waals surface area contributed by atoms with E-state index in [-0.39, 0.29) is 0 Å². The van der Waals surface area contributed by atoms with Crippen molar-refractivity contribution in [1.29, 1.82) is 0 Å². The topological polar surface area (TPSA) is 26.7 Å². The highest BCUT2D eigenvalue weighted by atomic mass is 16.3. The summed E-state index contributed by atoms with van der Waals surface area (Å²) in [5.74, 6) is 0. The number of aliphatic hydroxyl groups excluding tert-OH is 1. The number of nitrogens with zero attached hydrogens (tertiary/aromatic N) is 2. The first kappa shape index (κ1) is 13.9. The van der Waals surface area contributed by atoms with Gasteiger partial charge >= 0.3 is 0 Å². The Morgan fingerprint density at radius 2 is 1.38 bits per heavy atom. The van der Waals surface area contributed by atoms with Crippen LogP contribution < -0.4 is 0 Å². The van der Waals surface area contributed by atoms with Crippen LogP contribution in [0, 0.1) is 0 Å². The molecule has 0 aromatic carbocycles. The van der Waals surface area contributed by atoms with Gasteiger partial charge in [-0.25, -0.2) is 0 Å². The van der Waals surface area contributed by atoms with E-state index in [2.05, 4.69) is 16.7 Å². The molecule has 0 spiro atoms. The van der Waals surface area contributed by atoms with Gasteiger partial charge < -0.3 is 10.0 Å². The lowest BCUT2D eigenvalue weighted by atomic mass is 10.1. The molecule has 0 atom stereocenters. The predicted molar refractivity (Wildman–Crippen MR) is 68.7 cm³/mol. The summed E-state index contributed by atoms with van der Waals surface area (Å²) in [6.45, 7) is 9.34. The van der Waals surface area contributed by atoms with Gasteiger partial charge in [0.1, 0.15) is 0 Å². The molecule has 0 unspecified atom stereocenters. The number of aliphatic hydroxyl groups is 1. The Morgan fingerprint density at radius 1 is 0.812 bits per heavy atom. The predicted octanol–water partition coefficient (Wildman–Crippen LogP) is 1.57. The Labute approximate surface area is 100 Å². The Morgan fingerprint density at radius 3 is 1.94 bits per heavy atom. The van der Waals surface area contributed by atoms with Crippen molar-refractivity contribution >= 4 is 0 Å². The fourth-order valence-electron chi connectivity index (χ4n) is 2.32. The van der Waals surface area contributed by atoms with Crippen molar-refractivity contribution < 1.29 is 5.11 Å². The summed E-state index contributed by atoms with van der Waals surface area (Å²) in [7, 11) is 0. The van der Waals surface area contributed by atoms with Gasteiger partial charge in [-0.2, -0.15) is 0 Å². The minimum absolute atomic E-state index is 0.303. The van der Waals surface area contributed by atoms with Crippen LogP contribution in [0.5, 0.6) is 0 Å². The SMILES string of the molecule is CCCCCCCN1CCN(CCO)CC1. The molecule has 1 saturated heterocycles. The maximum Gasteiger partial charge on any atom is 0.0558 e. The molecule has 16 heavy (non-hydrogen) atoms. The lowest BCUT2D eigenvalue weighted by molar-refractivity contribution is 0.111. The molecule has 0 amide bonds. The highest BCUT2D eigenvalue weighted by molar-refractivity contribution is 4.71. The molecule has 0 aliphatic carbocycles. The zero-order valence-corrected chi connectivity index (χ0v) is 10.8. The van der Waals surface area contributed by atoms with Gasteiger partial charge in [0.15, 0.2) is 0 Å². The molecule has 3 heteroatoms. The highest BCUT2D eigenvalue weighted by Gasteiger charge is 2.15. The third-order valence-corrected chi connectivity index (χ3v) is 3.46. The highest BCUT2D eigenvalue weighted by Crippen LogP contribution is 2.06. The van der Waals surface area contributed by atoms with Crippen molar-refractivity contribution in [2.24, 2.45) is 0 Å². The lowest BCUT2D eigenvalue weighted by Crippen LogP contribution is -2.47. The molecule has 1 fully saturated rings. The van der Waals surface area contributed by atoms with E-state index in [4.69, 9.17) is 5.11 Å². The molecule has 0 saturated carbocycles. The Kier molecular flexibility index (Phi) is 7.81. The largest absolute Gasteiger partial charge is 0.395 e. The summed E-state index contributed by atoms with van der Waals surface area (Å²) in [4.78, 5) is 4.92. The van der Waals surface area contributed by atoms with E-state index < -0.39 is 0 Å². The summed E-state index contributed by atoms with van der Waals surface area (Å²) in [5.41, 5.74) is 0. The van der Waals surface area contributed by atoms with Crippen molar-refractivity contribution in [3.63, 3.8) is 0 Å². The van der Waals surface area contributed by atoms with E-state index in [0.717, 1.165) is 19.6 Å². The maximum atomic E-state index is 8.85. The minimum Gasteiger partial charge on any atom is -0.395 e. The van der Waals surface area contributed by atoms with Crippen molar-refractivity contribution in [3.8, 4) is 0 Å². The number of β-amino-alcohol motifs (C(OH)–C–C–N with tert-alkyl or cyclic N) is 1. The second-order valence-corrected chi connectivity index (χ2v) is 4.82. The summed E-state index contributed by atoms with van der Waals surface area (Å²) >= 11 is 0. The summed E-state index contributed by atoms with van der Waals surface area (Å²) < 4.78 is 0. The number of rotatable bonds is 8. The number of hydrogen-bond acceptors (Lipinski definition) is 3. The number of unbranched alkanes of at least 4 members (excludes halogenated alkanes) is 4. The van der Waals surface area contributed by atoms with Crippen LogP contribution in [0.1, 0.15) is 39.0 Å². The van der Waals surface area contributed by atoms with E-state index in [9.17, 15) is 0 Å². The molecule has 0 aromatic rings. The van der Waals surface area contributed by atoms with Gasteiger partial charge in [-0.3, -0.25) is 4.90 Å². The second-order valence-electron chi connectivity index (χ2n) is 4.82. The molecule has 1 heterocycles. The quantitative estimate of drug-likeness (QED) is 0.639. The normalized spacial score (nSPS) is 19.1. The van der Waals surface area contributed by atoms with Gasteiger partial charge in [-0.15, -0.1) is 0 Å². The Bertz CT molecular complexity index is 156. The fourth-order valence-corrected chi connectivity index (χ4v) is 2.32. The van der Waals surface area contributed by atoms with Crippen LogP contribution in [0.15, 0.2) is 0 Å². The minimum atomic E-state index is 0.303. The molecule has 96 valence electrons. The van der Waals surface area contributed by atoms with Crippen molar-refractivity contribution in [2.45, 2.75) is 39.0 Å². The van der Waals surface area contributed by atoms with Gasteiger partial charge in [0.2, 0.25) is 0 Å². The van der Waals surface area contributed by atoms with Crippen molar-refractivity contribution in [1.82, 2.24) is 9.80 Å². The zero-order chi connectivity index (χ0) is 11.6. The first-order chi connectivity index (χ1) is 7.86. The third kappa shape index (κ3) is 5.83. The molecule has 3 nitrogen and oxygen atoms in total. The molecule has 1 rings (SSSR count). The molecule has 1 aliphatic heterocycles. The first-order valence-electron chi connectivity index (χ1n) is 6.92. The standard InChI is InChI=1S/C13H28N2O/c1-2-3-4-5-6-7-14-8-10-15(11-9-14)12-13-16/h16H,2-13H2,1H3. The van der Waals surface area contributed by atoms with Gasteiger partial charge in [0.25, 0.3) is 0 Å². The van der Waals surface area contributed by atoms with Crippen LogP contribution in [0.4, 0.5) is 0 Å². The molecule has 1 aliphatic rings. The van der Waals surface area contributed by atoms with Crippen LogP contribution >= 0.6 is 0 Å². The molecule has 0 bridgehead atoms. The molecule has 1 N–H and O–H groups in total. The Hall–Kier alpha value is -0.120. The van der Waals surface area contributed by atoms with Gasteiger partial charge in [0.05, 0.1) is 6.61 Å². The fraction of sp³-hybridized carbons (Fsp3) is 1.00. The monoisotopic (exact) mass is 228 g/mol. The van der Waals surface area contributed by atoms with E-state index in [0.29, 0.717) is 6.61 Å². The van der Waals surface area contributed by atoms with Gasteiger partial charge in [-0.05, 0) is 13.0 Å². The average molecular weight is 228 g/mol. The first-order valence-corrected chi connectivity index (χ1v) is 6.92. The van der Waals surface area contributed by atoms with E-state index in [1.807, 2.05) is 0 Å². The van der Waals surface area contributed by atoms with E-state index in [1.165, 1.54) is 51.7 Å². The molecular formula is C13H28N2O. The third-order valence-electron chi connectivity index (χ3n) is 3.46. The van der Waals surface area contributed by atoms with Crippen LogP contribution in [-0.4, -0.2) is 60.8 Å². The van der Waals surface area contributed by atoms with E-state index in [1.54, 1.807) is 0 Å². The molecule has 0 radical (unpaired) electrons. The van der Waals surface area contributed by atoms with Crippen molar-refractivity contribution in [2.75, 3.05) is 45.9 Å². The summed E-state index contributed by atoms with van der Waals surface area (Å²) in [5, 5.41) is 8.85. The average Bonchev–Trinajstić information content (AvgIpc) is 2.31. The second kappa shape index (κ2) is 8.97. The molecule has 0 aromatic heterocycles. The summed E-state index contributed by atoms with van der Waals surface area (Å²) in [6.07, 6.45) is 6.88. The van der Waals surface area contributed by atoms with Crippen LogP contribution in [0.2, 0.25) is 0 Å². The smallest absolute Gasteiger partial charge is 0.0558 e. The van der Waals surface area contributed by atoms with Crippen LogP contribution in [0.3, 0.4) is 0 Å². The lowest BCUT2D eigenvalue weighted by Gasteiger charge is -2.34. The van der Waals surface area contributed by atoms with Crippen molar-refractivity contribution in [3.05, 3.63) is 0 Å². The Balaban J connectivity index is 1.95. The summed E-state index contributed by atoms with van der Waals surface area (Å²) in [6, 6.07) is 0. The zero-order valence-electron chi connectivity index (χ0n) is 10.8. The maximum absolute atomic E-state index is 8.85. The van der Waals surface area contributed by atoms with Crippen LogP contribution in [0.25, 0.3) is 0 Å². The van der Waals surface area contributed by atoms with E-state index >= 15 is 0 Å². The number of piperazine rings is 1.